The maximum atomic E-state index is 12.4. The van der Waals surface area contributed by atoms with Gasteiger partial charge in [0, 0.05) is 31.9 Å². The summed E-state index contributed by atoms with van der Waals surface area (Å²) in [6.45, 7) is 8.47. The molecule has 1 aromatic carbocycles. The molecule has 0 aliphatic carbocycles. The highest BCUT2D eigenvalue weighted by Gasteiger charge is 2.13. The Bertz CT molecular complexity index is 1100. The third-order valence-electron chi connectivity index (χ3n) is 5.09. The van der Waals surface area contributed by atoms with Gasteiger partial charge in [-0.25, -0.2) is 9.78 Å². The third-order valence-corrected chi connectivity index (χ3v) is 5.09. The Kier molecular flexibility index (Phi) is 6.38. The molecule has 9 heteroatoms. The second kappa shape index (κ2) is 8.95. The van der Waals surface area contributed by atoms with Crippen LogP contribution in [0.2, 0.25) is 0 Å². The normalized spacial score (nSPS) is 11.3. The van der Waals surface area contributed by atoms with Crippen molar-refractivity contribution in [2.24, 2.45) is 14.1 Å². The van der Waals surface area contributed by atoms with Gasteiger partial charge in [0.25, 0.3) is 5.56 Å². The molecule has 3 rings (SSSR count). The van der Waals surface area contributed by atoms with Crippen molar-refractivity contribution in [3.05, 3.63) is 45.1 Å². The van der Waals surface area contributed by atoms with Crippen molar-refractivity contribution in [3.63, 3.8) is 0 Å². The lowest BCUT2D eigenvalue weighted by molar-refractivity contribution is 0.303. The zero-order valence-electron chi connectivity index (χ0n) is 17.3. The van der Waals surface area contributed by atoms with Crippen molar-refractivity contribution in [1.29, 1.82) is 0 Å². The molecule has 2 aromatic heterocycles. The van der Waals surface area contributed by atoms with Crippen molar-refractivity contribution in [3.8, 4) is 11.4 Å². The van der Waals surface area contributed by atoms with Gasteiger partial charge in [-0.15, -0.1) is 10.2 Å². The van der Waals surface area contributed by atoms with Crippen molar-refractivity contribution < 1.29 is 0 Å². The first-order valence-electron chi connectivity index (χ1n) is 9.83. The van der Waals surface area contributed by atoms with E-state index in [1.807, 2.05) is 24.3 Å². The molecule has 29 heavy (non-hydrogen) atoms. The van der Waals surface area contributed by atoms with Crippen LogP contribution in [0.1, 0.15) is 20.3 Å². The standard InChI is InChI=1S/C20H27N7O2/c1-5-27(6-2)13-7-12-21-15-10-8-14(9-11-15)17-22-16-18(24-23-17)25(3)20(29)26(4)19(16)28/h8-11,21H,5-7,12-13H2,1-4H3. The highest BCUT2D eigenvalue weighted by Crippen LogP contribution is 2.18. The monoisotopic (exact) mass is 397 g/mol. The topological polar surface area (TPSA) is 97.9 Å². The second-order valence-corrected chi connectivity index (χ2v) is 6.90. The summed E-state index contributed by atoms with van der Waals surface area (Å²) in [6.07, 6.45) is 1.07. The van der Waals surface area contributed by atoms with Crippen LogP contribution in [0, 0.1) is 0 Å². The molecular formula is C20H27N7O2. The molecule has 154 valence electrons. The van der Waals surface area contributed by atoms with E-state index in [-0.39, 0.29) is 11.2 Å². The fourth-order valence-electron chi connectivity index (χ4n) is 3.19. The highest BCUT2D eigenvalue weighted by molar-refractivity contribution is 5.71. The highest BCUT2D eigenvalue weighted by atomic mass is 16.2. The molecule has 0 saturated carbocycles. The minimum absolute atomic E-state index is 0.123. The fraction of sp³-hybridized carbons (Fsp3) is 0.450. The van der Waals surface area contributed by atoms with Crippen LogP contribution in [0.5, 0.6) is 0 Å². The largest absolute Gasteiger partial charge is 0.385 e. The summed E-state index contributed by atoms with van der Waals surface area (Å²) in [4.78, 5) is 31.1. The smallest absolute Gasteiger partial charge is 0.332 e. The van der Waals surface area contributed by atoms with Crippen LogP contribution in [-0.4, -0.2) is 55.4 Å². The summed E-state index contributed by atoms with van der Waals surface area (Å²) in [5.41, 5.74) is 1.13. The minimum atomic E-state index is -0.481. The first-order chi connectivity index (χ1) is 14.0. The van der Waals surface area contributed by atoms with E-state index in [0.29, 0.717) is 5.82 Å². The summed E-state index contributed by atoms with van der Waals surface area (Å²) in [5.74, 6) is 0.348. The summed E-state index contributed by atoms with van der Waals surface area (Å²) >= 11 is 0. The van der Waals surface area contributed by atoms with E-state index >= 15 is 0 Å². The third kappa shape index (κ3) is 4.34. The van der Waals surface area contributed by atoms with Gasteiger partial charge in [0.15, 0.2) is 17.0 Å². The molecule has 2 heterocycles. The van der Waals surface area contributed by atoms with Crippen molar-refractivity contribution in [1.82, 2.24) is 29.2 Å². The summed E-state index contributed by atoms with van der Waals surface area (Å²) in [7, 11) is 2.97. The van der Waals surface area contributed by atoms with Gasteiger partial charge in [0.05, 0.1) is 0 Å². The zero-order chi connectivity index (χ0) is 21.0. The van der Waals surface area contributed by atoms with Crippen LogP contribution < -0.4 is 16.6 Å². The molecule has 0 aliphatic rings. The Morgan fingerprint density at radius 3 is 2.34 bits per heavy atom. The lowest BCUT2D eigenvalue weighted by atomic mass is 10.2. The first kappa shape index (κ1) is 20.7. The Morgan fingerprint density at radius 2 is 1.69 bits per heavy atom. The van der Waals surface area contributed by atoms with E-state index < -0.39 is 11.2 Å². The average molecular weight is 397 g/mol. The van der Waals surface area contributed by atoms with Crippen molar-refractivity contribution in [2.75, 3.05) is 31.5 Å². The first-order valence-corrected chi connectivity index (χ1v) is 9.83. The Balaban J connectivity index is 1.75. The summed E-state index contributed by atoms with van der Waals surface area (Å²) in [6, 6.07) is 7.70. The number of hydrogen-bond donors (Lipinski definition) is 1. The predicted octanol–water partition coefficient (Wildman–Crippen LogP) is 1.23. The van der Waals surface area contributed by atoms with Crippen LogP contribution in [-0.2, 0) is 14.1 Å². The Hall–Kier alpha value is -3.07. The van der Waals surface area contributed by atoms with E-state index in [1.54, 1.807) is 7.05 Å². The van der Waals surface area contributed by atoms with E-state index in [0.717, 1.165) is 48.4 Å². The Morgan fingerprint density at radius 1 is 1.00 bits per heavy atom. The average Bonchev–Trinajstić information content (AvgIpc) is 2.76. The van der Waals surface area contributed by atoms with Gasteiger partial charge in [0.2, 0.25) is 0 Å². The van der Waals surface area contributed by atoms with Crippen LogP contribution in [0.4, 0.5) is 5.69 Å². The maximum absolute atomic E-state index is 12.4. The number of aromatic nitrogens is 5. The summed E-state index contributed by atoms with van der Waals surface area (Å²) < 4.78 is 2.29. The summed E-state index contributed by atoms with van der Waals surface area (Å²) in [5, 5.41) is 11.6. The van der Waals surface area contributed by atoms with Crippen LogP contribution in [0.3, 0.4) is 0 Å². The van der Waals surface area contributed by atoms with Gasteiger partial charge < -0.3 is 10.2 Å². The molecule has 0 saturated heterocycles. The van der Waals surface area contributed by atoms with Gasteiger partial charge in [-0.2, -0.15) is 0 Å². The molecule has 3 aromatic rings. The Labute approximate surface area is 169 Å². The maximum Gasteiger partial charge on any atom is 0.332 e. The zero-order valence-corrected chi connectivity index (χ0v) is 17.3. The quantitative estimate of drug-likeness (QED) is 0.571. The molecular weight excluding hydrogens is 370 g/mol. The number of nitrogens with zero attached hydrogens (tertiary/aromatic N) is 6. The lowest BCUT2D eigenvalue weighted by Gasteiger charge is -2.17. The van der Waals surface area contributed by atoms with Gasteiger partial charge in [-0.3, -0.25) is 13.9 Å². The van der Waals surface area contributed by atoms with Gasteiger partial charge in [0.1, 0.15) is 0 Å². The molecule has 0 radical (unpaired) electrons. The lowest BCUT2D eigenvalue weighted by Crippen LogP contribution is -2.38. The number of nitrogens with one attached hydrogen (secondary N) is 1. The molecule has 0 atom stereocenters. The van der Waals surface area contributed by atoms with Crippen LogP contribution in [0.25, 0.3) is 22.6 Å². The molecule has 1 N–H and O–H groups in total. The second-order valence-electron chi connectivity index (χ2n) is 6.90. The number of hydrogen-bond acceptors (Lipinski definition) is 7. The molecule has 0 unspecified atom stereocenters. The number of anilines is 1. The minimum Gasteiger partial charge on any atom is -0.385 e. The number of rotatable bonds is 8. The molecule has 9 nitrogen and oxygen atoms in total. The van der Waals surface area contributed by atoms with E-state index in [4.69, 9.17) is 0 Å². The van der Waals surface area contributed by atoms with E-state index in [9.17, 15) is 9.59 Å². The molecule has 0 fully saturated rings. The molecule has 0 amide bonds. The van der Waals surface area contributed by atoms with Crippen molar-refractivity contribution >= 4 is 16.9 Å². The van der Waals surface area contributed by atoms with Gasteiger partial charge in [-0.05, 0) is 50.3 Å². The molecule has 0 spiro atoms. The van der Waals surface area contributed by atoms with Crippen molar-refractivity contribution in [2.45, 2.75) is 20.3 Å². The van der Waals surface area contributed by atoms with Gasteiger partial charge >= 0.3 is 5.69 Å². The predicted molar refractivity (Wildman–Crippen MR) is 114 cm³/mol. The number of fused-ring (bicyclic) bond motifs is 1. The SMILES string of the molecule is CCN(CC)CCCNc1ccc(-c2nnc3c(n2)c(=O)n(C)c(=O)n3C)cc1. The molecule has 0 bridgehead atoms. The fourth-order valence-corrected chi connectivity index (χ4v) is 3.19. The van der Waals surface area contributed by atoms with Crippen LogP contribution in [0.15, 0.2) is 33.9 Å². The van der Waals surface area contributed by atoms with Gasteiger partial charge in [-0.1, -0.05) is 13.8 Å². The van der Waals surface area contributed by atoms with Crippen LogP contribution >= 0.6 is 0 Å². The number of benzene rings is 1. The number of aryl methyl sites for hydroxylation is 1. The molecule has 0 aliphatic heterocycles. The van der Waals surface area contributed by atoms with E-state index in [1.165, 1.54) is 11.6 Å². The van der Waals surface area contributed by atoms with E-state index in [2.05, 4.69) is 39.2 Å².